The number of rotatable bonds is 5. The Balaban J connectivity index is 1.28. The standard InChI is InChI=1S/C26H24N4O2/c1-2-24-28-21-8-4-6-10-23(21)30(24)17-25(31)27-20-13-11-19(12-14-20)26(32)29-16-15-18-7-3-5-9-22(18)29/h3-14H,2,15-17H2,1H3,(H,27,31). The van der Waals surface area contributed by atoms with Gasteiger partial charge in [0.1, 0.15) is 12.4 Å². The first-order valence-electron chi connectivity index (χ1n) is 10.9. The van der Waals surface area contributed by atoms with Crippen molar-refractivity contribution in [1.29, 1.82) is 0 Å². The topological polar surface area (TPSA) is 67.2 Å². The summed E-state index contributed by atoms with van der Waals surface area (Å²) >= 11 is 0. The molecule has 0 saturated carbocycles. The van der Waals surface area contributed by atoms with Crippen LogP contribution in [-0.2, 0) is 24.2 Å². The van der Waals surface area contributed by atoms with Crippen LogP contribution in [0.2, 0.25) is 0 Å². The molecule has 32 heavy (non-hydrogen) atoms. The molecule has 3 aromatic carbocycles. The quantitative estimate of drug-likeness (QED) is 0.515. The minimum Gasteiger partial charge on any atom is -0.325 e. The van der Waals surface area contributed by atoms with E-state index in [1.165, 1.54) is 5.56 Å². The molecule has 0 atom stereocenters. The maximum Gasteiger partial charge on any atom is 0.258 e. The first-order valence-corrected chi connectivity index (χ1v) is 10.9. The van der Waals surface area contributed by atoms with Crippen LogP contribution in [-0.4, -0.2) is 27.9 Å². The van der Waals surface area contributed by atoms with Gasteiger partial charge in [0.25, 0.3) is 5.91 Å². The average molecular weight is 425 g/mol. The number of para-hydroxylation sites is 3. The molecule has 5 rings (SSSR count). The van der Waals surface area contributed by atoms with Gasteiger partial charge in [-0.15, -0.1) is 0 Å². The lowest BCUT2D eigenvalue weighted by molar-refractivity contribution is -0.116. The summed E-state index contributed by atoms with van der Waals surface area (Å²) in [5.41, 5.74) is 5.29. The number of nitrogens with one attached hydrogen (secondary N) is 1. The monoisotopic (exact) mass is 424 g/mol. The summed E-state index contributed by atoms with van der Waals surface area (Å²) in [5, 5.41) is 2.94. The van der Waals surface area contributed by atoms with Crippen molar-refractivity contribution in [3.8, 4) is 0 Å². The van der Waals surface area contributed by atoms with Gasteiger partial charge in [0.05, 0.1) is 11.0 Å². The highest BCUT2D eigenvalue weighted by atomic mass is 16.2. The normalized spacial score (nSPS) is 12.7. The highest BCUT2D eigenvalue weighted by molar-refractivity contribution is 6.07. The second-order valence-corrected chi connectivity index (χ2v) is 7.92. The molecule has 2 amide bonds. The molecule has 4 aromatic rings. The number of hydrogen-bond donors (Lipinski definition) is 1. The highest BCUT2D eigenvalue weighted by Crippen LogP contribution is 2.29. The Morgan fingerprint density at radius 2 is 1.72 bits per heavy atom. The van der Waals surface area contributed by atoms with Crippen LogP contribution in [0.15, 0.2) is 72.8 Å². The van der Waals surface area contributed by atoms with Crippen LogP contribution >= 0.6 is 0 Å². The minimum absolute atomic E-state index is 0.0229. The van der Waals surface area contributed by atoms with Crippen molar-refractivity contribution in [2.45, 2.75) is 26.3 Å². The molecule has 0 spiro atoms. The summed E-state index contributed by atoms with van der Waals surface area (Å²) in [6.45, 7) is 2.91. The third-order valence-electron chi connectivity index (χ3n) is 5.90. The van der Waals surface area contributed by atoms with Crippen molar-refractivity contribution in [1.82, 2.24) is 9.55 Å². The van der Waals surface area contributed by atoms with Gasteiger partial charge in [0.2, 0.25) is 5.91 Å². The summed E-state index contributed by atoms with van der Waals surface area (Å²) in [5.74, 6) is 0.730. The number of hydrogen-bond acceptors (Lipinski definition) is 3. The van der Waals surface area contributed by atoms with E-state index in [1.54, 1.807) is 24.3 Å². The molecule has 1 N–H and O–H groups in total. The number of aryl methyl sites for hydroxylation is 1. The second-order valence-electron chi connectivity index (χ2n) is 7.92. The molecule has 0 radical (unpaired) electrons. The van der Waals surface area contributed by atoms with Gasteiger partial charge in [-0.05, 0) is 54.4 Å². The molecule has 1 aromatic heterocycles. The van der Waals surface area contributed by atoms with Crippen LogP contribution in [0.4, 0.5) is 11.4 Å². The lowest BCUT2D eigenvalue weighted by Crippen LogP contribution is -2.28. The molecule has 0 saturated heterocycles. The number of aromatic nitrogens is 2. The smallest absolute Gasteiger partial charge is 0.258 e. The maximum absolute atomic E-state index is 13.0. The summed E-state index contributed by atoms with van der Waals surface area (Å²) in [6, 6.07) is 22.9. The van der Waals surface area contributed by atoms with Gasteiger partial charge in [-0.3, -0.25) is 9.59 Å². The lowest BCUT2D eigenvalue weighted by atomic mass is 10.1. The van der Waals surface area contributed by atoms with E-state index in [4.69, 9.17) is 0 Å². The Bertz CT molecular complexity index is 1310. The van der Waals surface area contributed by atoms with Gasteiger partial charge in [-0.1, -0.05) is 37.3 Å². The van der Waals surface area contributed by atoms with Crippen LogP contribution < -0.4 is 10.2 Å². The Hall–Kier alpha value is -3.93. The molecule has 0 bridgehead atoms. The highest BCUT2D eigenvalue weighted by Gasteiger charge is 2.25. The third kappa shape index (κ3) is 3.64. The summed E-state index contributed by atoms with van der Waals surface area (Å²) in [4.78, 5) is 32.1. The van der Waals surface area contributed by atoms with E-state index in [0.717, 1.165) is 35.4 Å². The number of amides is 2. The number of carbonyl (C=O) groups is 2. The largest absolute Gasteiger partial charge is 0.325 e. The first-order chi connectivity index (χ1) is 15.6. The van der Waals surface area contributed by atoms with E-state index in [-0.39, 0.29) is 18.4 Å². The van der Waals surface area contributed by atoms with E-state index in [1.807, 2.05) is 58.9 Å². The molecule has 0 unspecified atom stereocenters. The van der Waals surface area contributed by atoms with Crippen molar-refractivity contribution < 1.29 is 9.59 Å². The lowest BCUT2D eigenvalue weighted by Gasteiger charge is -2.17. The van der Waals surface area contributed by atoms with Crippen molar-refractivity contribution in [2.24, 2.45) is 0 Å². The zero-order valence-corrected chi connectivity index (χ0v) is 17.9. The average Bonchev–Trinajstić information content (AvgIpc) is 3.41. The maximum atomic E-state index is 13.0. The number of fused-ring (bicyclic) bond motifs is 2. The van der Waals surface area contributed by atoms with Gasteiger partial charge >= 0.3 is 0 Å². The van der Waals surface area contributed by atoms with Gasteiger partial charge in [0, 0.05) is 29.9 Å². The van der Waals surface area contributed by atoms with Crippen LogP contribution in [0, 0.1) is 0 Å². The van der Waals surface area contributed by atoms with E-state index >= 15 is 0 Å². The zero-order valence-electron chi connectivity index (χ0n) is 17.9. The fourth-order valence-electron chi connectivity index (χ4n) is 4.32. The van der Waals surface area contributed by atoms with Crippen molar-refractivity contribution in [3.63, 3.8) is 0 Å². The molecule has 0 aliphatic carbocycles. The van der Waals surface area contributed by atoms with E-state index in [9.17, 15) is 9.59 Å². The van der Waals surface area contributed by atoms with E-state index in [0.29, 0.717) is 17.8 Å². The molecule has 1 aliphatic rings. The Kier molecular flexibility index (Phi) is 5.19. The number of carbonyl (C=O) groups excluding carboxylic acids is 2. The first kappa shape index (κ1) is 20.0. The number of anilines is 2. The van der Waals surface area contributed by atoms with Gasteiger partial charge < -0.3 is 14.8 Å². The Morgan fingerprint density at radius 3 is 2.53 bits per heavy atom. The van der Waals surface area contributed by atoms with Crippen molar-refractivity contribution in [2.75, 3.05) is 16.8 Å². The minimum atomic E-state index is -0.129. The molecule has 0 fully saturated rings. The molecule has 1 aliphatic heterocycles. The SMILES string of the molecule is CCc1nc2ccccc2n1CC(=O)Nc1ccc(C(=O)N2CCc3ccccc32)cc1. The summed E-state index contributed by atoms with van der Waals surface area (Å²) < 4.78 is 1.95. The Morgan fingerprint density at radius 1 is 0.969 bits per heavy atom. The Labute approximate surface area is 186 Å². The molecular formula is C26H24N4O2. The summed E-state index contributed by atoms with van der Waals surface area (Å²) in [7, 11) is 0. The van der Waals surface area contributed by atoms with Crippen LogP contribution in [0.5, 0.6) is 0 Å². The predicted molar refractivity (Wildman–Crippen MR) is 126 cm³/mol. The zero-order chi connectivity index (χ0) is 22.1. The van der Waals surface area contributed by atoms with Crippen LogP contribution in [0.25, 0.3) is 11.0 Å². The van der Waals surface area contributed by atoms with Crippen molar-refractivity contribution >= 4 is 34.2 Å². The molecule has 160 valence electrons. The number of nitrogens with zero attached hydrogens (tertiary/aromatic N) is 3. The second kappa shape index (κ2) is 8.30. The number of benzene rings is 3. The molecule has 6 heteroatoms. The van der Waals surface area contributed by atoms with Crippen LogP contribution in [0.1, 0.15) is 28.7 Å². The van der Waals surface area contributed by atoms with Gasteiger partial charge in [0.15, 0.2) is 0 Å². The van der Waals surface area contributed by atoms with E-state index in [2.05, 4.69) is 16.4 Å². The van der Waals surface area contributed by atoms with Gasteiger partial charge in [-0.25, -0.2) is 4.98 Å². The molecule has 6 nitrogen and oxygen atoms in total. The fraction of sp³-hybridized carbons (Fsp3) is 0.192. The molecule has 2 heterocycles. The van der Waals surface area contributed by atoms with Crippen LogP contribution in [0.3, 0.4) is 0 Å². The number of imidazole rings is 1. The third-order valence-corrected chi connectivity index (χ3v) is 5.90. The molecular weight excluding hydrogens is 400 g/mol. The summed E-state index contributed by atoms with van der Waals surface area (Å²) in [6.07, 6.45) is 1.62. The predicted octanol–water partition coefficient (Wildman–Crippen LogP) is 4.44. The van der Waals surface area contributed by atoms with E-state index < -0.39 is 0 Å². The van der Waals surface area contributed by atoms with Gasteiger partial charge in [-0.2, -0.15) is 0 Å². The fourth-order valence-corrected chi connectivity index (χ4v) is 4.32. The van der Waals surface area contributed by atoms with Crippen molar-refractivity contribution in [3.05, 3.63) is 89.7 Å².